The zero-order valence-electron chi connectivity index (χ0n) is 18.8. The molecule has 1 aliphatic carbocycles. The second kappa shape index (κ2) is 12.9. The SMILES string of the molecule is CCCOC1(CNC(=NCc2ccc(S(C)(=O)=O)c(C)c2)NCC)CCCCC1.I. The maximum absolute atomic E-state index is 11.8. The summed E-state index contributed by atoms with van der Waals surface area (Å²) in [6, 6.07) is 5.41. The number of nitrogens with zero attached hydrogens (tertiary/aromatic N) is 1. The van der Waals surface area contributed by atoms with E-state index in [-0.39, 0.29) is 29.6 Å². The number of rotatable bonds is 9. The van der Waals surface area contributed by atoms with E-state index in [9.17, 15) is 8.42 Å². The predicted molar refractivity (Wildman–Crippen MR) is 135 cm³/mol. The first-order chi connectivity index (χ1) is 13.8. The Kier molecular flexibility index (Phi) is 11.6. The third-order valence-electron chi connectivity index (χ3n) is 5.36. The number of ether oxygens (including phenoxy) is 1. The minimum Gasteiger partial charge on any atom is -0.373 e. The van der Waals surface area contributed by atoms with Gasteiger partial charge in [0.1, 0.15) is 0 Å². The monoisotopic (exact) mass is 551 g/mol. The van der Waals surface area contributed by atoms with Gasteiger partial charge < -0.3 is 15.4 Å². The minimum absolute atomic E-state index is 0. The number of hydrogen-bond donors (Lipinski definition) is 2. The van der Waals surface area contributed by atoms with Crippen LogP contribution in [-0.4, -0.2) is 45.9 Å². The number of nitrogens with one attached hydrogen (secondary N) is 2. The van der Waals surface area contributed by atoms with Gasteiger partial charge in [-0.1, -0.05) is 38.3 Å². The van der Waals surface area contributed by atoms with E-state index < -0.39 is 9.84 Å². The molecule has 0 unspecified atom stereocenters. The van der Waals surface area contributed by atoms with Crippen molar-refractivity contribution in [2.24, 2.45) is 4.99 Å². The van der Waals surface area contributed by atoms with Crippen LogP contribution in [0.1, 0.15) is 63.5 Å². The van der Waals surface area contributed by atoms with E-state index in [1.54, 1.807) is 6.07 Å². The van der Waals surface area contributed by atoms with Gasteiger partial charge in [-0.25, -0.2) is 13.4 Å². The predicted octanol–water partition coefficient (Wildman–Crippen LogP) is 4.20. The number of aliphatic imine (C=N–C) groups is 1. The van der Waals surface area contributed by atoms with Gasteiger partial charge in [-0.2, -0.15) is 0 Å². The largest absolute Gasteiger partial charge is 0.373 e. The van der Waals surface area contributed by atoms with E-state index in [0.717, 1.165) is 56.0 Å². The average Bonchev–Trinajstić information content (AvgIpc) is 2.68. The lowest BCUT2D eigenvalue weighted by atomic mass is 9.84. The molecule has 6 nitrogen and oxygen atoms in total. The van der Waals surface area contributed by atoms with Crippen LogP contribution in [0.3, 0.4) is 0 Å². The Morgan fingerprint density at radius 1 is 1.17 bits per heavy atom. The molecule has 0 aromatic heterocycles. The lowest BCUT2D eigenvalue weighted by molar-refractivity contribution is -0.0657. The van der Waals surface area contributed by atoms with Crippen molar-refractivity contribution in [2.75, 3.05) is 26.0 Å². The zero-order valence-corrected chi connectivity index (χ0v) is 21.9. The molecule has 8 heteroatoms. The van der Waals surface area contributed by atoms with Crippen LogP contribution in [0.25, 0.3) is 0 Å². The summed E-state index contributed by atoms with van der Waals surface area (Å²) in [7, 11) is -3.20. The number of hydrogen-bond acceptors (Lipinski definition) is 4. The Labute approximate surface area is 199 Å². The van der Waals surface area contributed by atoms with Gasteiger partial charge in [-0.3, -0.25) is 0 Å². The maximum Gasteiger partial charge on any atom is 0.191 e. The van der Waals surface area contributed by atoms with E-state index in [1.807, 2.05) is 26.0 Å². The highest BCUT2D eigenvalue weighted by molar-refractivity contribution is 14.0. The van der Waals surface area contributed by atoms with E-state index in [1.165, 1.54) is 25.5 Å². The second-order valence-electron chi connectivity index (χ2n) is 8.01. The topological polar surface area (TPSA) is 79.8 Å². The molecule has 0 aliphatic heterocycles. The molecule has 2 N–H and O–H groups in total. The smallest absolute Gasteiger partial charge is 0.191 e. The third kappa shape index (κ3) is 8.34. The molecular formula is C22H38IN3O3S. The number of guanidine groups is 1. The van der Waals surface area contributed by atoms with E-state index in [0.29, 0.717) is 11.4 Å². The molecule has 0 atom stereocenters. The van der Waals surface area contributed by atoms with E-state index in [4.69, 9.17) is 9.73 Å². The van der Waals surface area contributed by atoms with Crippen molar-refractivity contribution >= 4 is 39.8 Å². The van der Waals surface area contributed by atoms with Crippen LogP contribution in [0, 0.1) is 6.92 Å². The Balaban J connectivity index is 0.00000450. The third-order valence-corrected chi connectivity index (χ3v) is 6.61. The number of aryl methyl sites for hydroxylation is 1. The standard InChI is InChI=1S/C22H37N3O3S.HI/c1-5-14-28-22(12-8-7-9-13-22)17-25-21(23-6-2)24-16-19-10-11-20(18(3)15-19)29(4,26)27;/h10-11,15H,5-9,12-14,16-17H2,1-4H3,(H2,23,24,25);1H. The normalized spacial score (nSPS) is 16.6. The van der Waals surface area contributed by atoms with Gasteiger partial charge in [-0.05, 0) is 50.3 Å². The van der Waals surface area contributed by atoms with Crippen molar-refractivity contribution in [1.29, 1.82) is 0 Å². The quantitative estimate of drug-likeness (QED) is 0.273. The van der Waals surface area contributed by atoms with Crippen LogP contribution in [0.5, 0.6) is 0 Å². The highest BCUT2D eigenvalue weighted by Gasteiger charge is 2.32. The maximum atomic E-state index is 11.8. The molecule has 0 amide bonds. The molecule has 1 saturated carbocycles. The lowest BCUT2D eigenvalue weighted by Crippen LogP contribution is -2.49. The average molecular weight is 552 g/mol. The Hall–Kier alpha value is -0.870. The number of sulfone groups is 1. The van der Waals surface area contributed by atoms with Crippen LogP contribution in [0.4, 0.5) is 0 Å². The highest BCUT2D eigenvalue weighted by Crippen LogP contribution is 2.31. The van der Waals surface area contributed by atoms with Crippen molar-refractivity contribution < 1.29 is 13.2 Å². The summed E-state index contributed by atoms with van der Waals surface area (Å²) in [6.07, 6.45) is 8.15. The van der Waals surface area contributed by atoms with Crippen LogP contribution >= 0.6 is 24.0 Å². The number of benzene rings is 1. The number of halogens is 1. The summed E-state index contributed by atoms with van der Waals surface area (Å²) >= 11 is 0. The first-order valence-corrected chi connectivity index (χ1v) is 12.6. The molecule has 30 heavy (non-hydrogen) atoms. The van der Waals surface area contributed by atoms with E-state index in [2.05, 4.69) is 17.6 Å². The van der Waals surface area contributed by atoms with Crippen molar-refractivity contribution in [3.05, 3.63) is 29.3 Å². The summed E-state index contributed by atoms with van der Waals surface area (Å²) < 4.78 is 29.9. The molecule has 1 aliphatic rings. The van der Waals surface area contributed by atoms with Gasteiger partial charge in [0.2, 0.25) is 0 Å². The molecule has 0 bridgehead atoms. The Morgan fingerprint density at radius 3 is 2.43 bits per heavy atom. The van der Waals surface area contributed by atoms with Gasteiger partial charge in [-0.15, -0.1) is 24.0 Å². The molecule has 2 rings (SSSR count). The van der Waals surface area contributed by atoms with Crippen molar-refractivity contribution in [1.82, 2.24) is 10.6 Å². The first-order valence-electron chi connectivity index (χ1n) is 10.8. The summed E-state index contributed by atoms with van der Waals surface area (Å²) in [5.41, 5.74) is 1.65. The molecule has 0 saturated heterocycles. The van der Waals surface area contributed by atoms with Gasteiger partial charge in [0.25, 0.3) is 0 Å². The molecule has 0 heterocycles. The van der Waals surface area contributed by atoms with Crippen LogP contribution < -0.4 is 10.6 Å². The van der Waals surface area contributed by atoms with Crippen molar-refractivity contribution in [3.63, 3.8) is 0 Å². The Morgan fingerprint density at radius 2 is 1.87 bits per heavy atom. The molecule has 1 aromatic rings. The van der Waals surface area contributed by atoms with E-state index >= 15 is 0 Å². The molecular weight excluding hydrogens is 513 g/mol. The summed E-state index contributed by atoms with van der Waals surface area (Å²) in [4.78, 5) is 5.08. The van der Waals surface area contributed by atoms with Gasteiger partial charge in [0.05, 0.1) is 17.0 Å². The highest BCUT2D eigenvalue weighted by atomic mass is 127. The molecule has 0 spiro atoms. The molecule has 0 radical (unpaired) electrons. The fourth-order valence-electron chi connectivity index (χ4n) is 3.87. The van der Waals surface area contributed by atoms with Crippen LogP contribution in [0.2, 0.25) is 0 Å². The lowest BCUT2D eigenvalue weighted by Gasteiger charge is -2.37. The van der Waals surface area contributed by atoms with Gasteiger partial charge in [0, 0.05) is 26.0 Å². The zero-order chi connectivity index (χ0) is 21.3. The summed E-state index contributed by atoms with van der Waals surface area (Å²) in [6.45, 7) is 8.83. The molecule has 1 aromatic carbocycles. The van der Waals surface area contributed by atoms with Crippen LogP contribution in [0.15, 0.2) is 28.1 Å². The van der Waals surface area contributed by atoms with Gasteiger partial charge in [0.15, 0.2) is 15.8 Å². The van der Waals surface area contributed by atoms with Crippen LogP contribution in [-0.2, 0) is 21.1 Å². The summed E-state index contributed by atoms with van der Waals surface area (Å²) in [5, 5.41) is 6.78. The minimum atomic E-state index is -3.20. The van der Waals surface area contributed by atoms with Crippen molar-refractivity contribution in [2.45, 2.75) is 76.3 Å². The summed E-state index contributed by atoms with van der Waals surface area (Å²) in [5.74, 6) is 0.766. The fraction of sp³-hybridized carbons (Fsp3) is 0.682. The Bertz CT molecular complexity index is 791. The fourth-order valence-corrected chi connectivity index (χ4v) is 4.83. The molecule has 1 fully saturated rings. The second-order valence-corrected chi connectivity index (χ2v) is 10.00. The first kappa shape index (κ1) is 27.2. The van der Waals surface area contributed by atoms with Crippen molar-refractivity contribution in [3.8, 4) is 0 Å². The van der Waals surface area contributed by atoms with Gasteiger partial charge >= 0.3 is 0 Å². The molecule has 172 valence electrons.